The molecule has 0 N–H and O–H groups in total. The molecule has 1 aliphatic rings. The molecule has 36 heavy (non-hydrogen) atoms. The van der Waals surface area contributed by atoms with Crippen molar-refractivity contribution in [1.29, 1.82) is 5.26 Å². The van der Waals surface area contributed by atoms with E-state index >= 15 is 17.6 Å². The molecule has 0 aliphatic carbocycles. The van der Waals surface area contributed by atoms with Crippen molar-refractivity contribution in [1.82, 2.24) is 9.97 Å². The molecule has 5 rings (SSSR count). The number of rotatable bonds is 0. The molecule has 0 atom stereocenters. The summed E-state index contributed by atoms with van der Waals surface area (Å²) < 4.78 is 60.3. The molecule has 0 unspecified atom stereocenters. The van der Waals surface area contributed by atoms with Gasteiger partial charge < -0.3 is 0 Å². The summed E-state index contributed by atoms with van der Waals surface area (Å²) in [6, 6.07) is 10.5. The first-order chi connectivity index (χ1) is 17.3. The van der Waals surface area contributed by atoms with Gasteiger partial charge in [-0.3, -0.25) is 9.59 Å². The van der Waals surface area contributed by atoms with Gasteiger partial charge in [0.15, 0.2) is 11.6 Å². The molecule has 0 fully saturated rings. The zero-order chi connectivity index (χ0) is 25.7. The molecule has 0 saturated heterocycles. The maximum Gasteiger partial charge on any atom is 0.258 e. The summed E-state index contributed by atoms with van der Waals surface area (Å²) in [6.07, 6.45) is 0. The lowest BCUT2D eigenvalue weighted by Crippen LogP contribution is -2.14. The zero-order valence-corrected chi connectivity index (χ0v) is 17.7. The highest BCUT2D eigenvalue weighted by Crippen LogP contribution is 2.36. The summed E-state index contributed by atoms with van der Waals surface area (Å²) in [5.41, 5.74) is -5.72. The SMILES string of the molecule is [C-]#[N+]c1c(F)c2cc(c1F)-c1cccc(n1)-c1cc(c(F)c(C#N)c1F)C(=O)c1cccc(n1)C2=O. The van der Waals surface area contributed by atoms with Crippen molar-refractivity contribution in [3.05, 3.63) is 111 Å². The number of halogens is 4. The van der Waals surface area contributed by atoms with Crippen LogP contribution >= 0.6 is 0 Å². The maximum absolute atomic E-state index is 15.1. The van der Waals surface area contributed by atoms with Gasteiger partial charge in [-0.05, 0) is 36.4 Å². The van der Waals surface area contributed by atoms with E-state index in [1.54, 1.807) is 0 Å². The van der Waals surface area contributed by atoms with Gasteiger partial charge in [-0.25, -0.2) is 32.4 Å². The van der Waals surface area contributed by atoms with Gasteiger partial charge in [0.25, 0.3) is 5.69 Å². The highest BCUT2D eigenvalue weighted by Gasteiger charge is 2.29. The van der Waals surface area contributed by atoms with Crippen LogP contribution in [-0.2, 0) is 0 Å². The van der Waals surface area contributed by atoms with Crippen molar-refractivity contribution in [3.8, 4) is 28.6 Å². The number of nitriles is 1. The second-order valence-corrected chi connectivity index (χ2v) is 7.62. The monoisotopic (exact) mass is 484 g/mol. The lowest BCUT2D eigenvalue weighted by Gasteiger charge is -2.14. The minimum Gasteiger partial charge on any atom is -0.287 e. The molecule has 0 amide bonds. The Labute approximate surface area is 199 Å². The van der Waals surface area contributed by atoms with Gasteiger partial charge in [-0.15, -0.1) is 0 Å². The molecular formula is C26H8F4N4O2. The fourth-order valence-corrected chi connectivity index (χ4v) is 3.86. The van der Waals surface area contributed by atoms with Crippen molar-refractivity contribution in [2.24, 2.45) is 0 Å². The van der Waals surface area contributed by atoms with Gasteiger partial charge in [-0.1, -0.05) is 12.1 Å². The number of aromatic nitrogens is 2. The van der Waals surface area contributed by atoms with Crippen LogP contribution in [0.2, 0.25) is 0 Å². The van der Waals surface area contributed by atoms with Crippen molar-refractivity contribution in [3.63, 3.8) is 0 Å². The van der Waals surface area contributed by atoms with Gasteiger partial charge in [0.2, 0.25) is 11.6 Å². The predicted octanol–water partition coefficient (Wildman–Crippen LogP) is 5.56. The molecule has 10 heteroatoms. The van der Waals surface area contributed by atoms with Gasteiger partial charge in [0, 0.05) is 16.7 Å². The Morgan fingerprint density at radius 1 is 0.694 bits per heavy atom. The van der Waals surface area contributed by atoms with Gasteiger partial charge in [0.05, 0.1) is 23.5 Å². The third-order valence-electron chi connectivity index (χ3n) is 5.61. The first kappa shape index (κ1) is 22.6. The molecule has 3 heterocycles. The van der Waals surface area contributed by atoms with Crippen LogP contribution in [0.3, 0.4) is 0 Å². The molecule has 6 nitrogen and oxygen atoms in total. The number of carbonyl (C=O) groups excluding carboxylic acids is 2. The molecule has 0 radical (unpaired) electrons. The van der Waals surface area contributed by atoms with Crippen molar-refractivity contribution in [2.75, 3.05) is 0 Å². The van der Waals surface area contributed by atoms with E-state index in [1.807, 2.05) is 0 Å². The van der Waals surface area contributed by atoms with Crippen molar-refractivity contribution < 1.29 is 27.2 Å². The highest BCUT2D eigenvalue weighted by atomic mass is 19.1. The quantitative estimate of drug-likeness (QED) is 0.212. The average molecular weight is 484 g/mol. The Hall–Kier alpha value is -5.22. The Balaban J connectivity index is 1.96. The van der Waals surface area contributed by atoms with Crippen molar-refractivity contribution in [2.45, 2.75) is 0 Å². The van der Waals surface area contributed by atoms with Gasteiger partial charge in [-0.2, -0.15) is 5.26 Å². The van der Waals surface area contributed by atoms with E-state index in [1.165, 1.54) is 30.3 Å². The van der Waals surface area contributed by atoms with E-state index in [9.17, 15) is 14.9 Å². The van der Waals surface area contributed by atoms with Crippen LogP contribution in [0.1, 0.15) is 37.7 Å². The normalized spacial score (nSPS) is 11.9. The fourth-order valence-electron chi connectivity index (χ4n) is 3.86. The Morgan fingerprint density at radius 2 is 1.11 bits per heavy atom. The predicted molar refractivity (Wildman–Crippen MR) is 117 cm³/mol. The number of ketones is 2. The molecular weight excluding hydrogens is 476 g/mol. The summed E-state index contributed by atoms with van der Waals surface area (Å²) >= 11 is 0. The standard InChI is InChI=1S/C26H8F4N4O2/c1-32-24-22(29)12-9-14(23(24)30)26(36)19-7-3-6-18(34-19)25(35)13-8-11(16-4-2-5-17(12)33-16)20(27)15(10-31)21(13)28/h2-9H. The van der Waals surface area contributed by atoms with E-state index in [-0.39, 0.29) is 11.4 Å². The molecule has 172 valence electrons. The largest absolute Gasteiger partial charge is 0.287 e. The van der Waals surface area contributed by atoms with Crippen LogP contribution in [-0.4, -0.2) is 21.5 Å². The Morgan fingerprint density at radius 3 is 1.64 bits per heavy atom. The summed E-state index contributed by atoms with van der Waals surface area (Å²) in [5.74, 6) is -7.61. The minimum absolute atomic E-state index is 0.210. The number of fused-ring (bicyclic) bond motifs is 10. The average Bonchev–Trinajstić information content (AvgIpc) is 2.88. The summed E-state index contributed by atoms with van der Waals surface area (Å²) in [7, 11) is 0. The molecule has 2 aromatic carbocycles. The molecule has 8 bridgehead atoms. The smallest absolute Gasteiger partial charge is 0.258 e. The number of hydrogen-bond donors (Lipinski definition) is 0. The third kappa shape index (κ3) is 3.24. The van der Waals surface area contributed by atoms with Crippen LogP contribution in [0.15, 0.2) is 48.5 Å². The first-order valence-corrected chi connectivity index (χ1v) is 10.1. The zero-order valence-electron chi connectivity index (χ0n) is 17.7. The number of pyridine rings is 2. The van der Waals surface area contributed by atoms with Crippen LogP contribution in [0, 0.1) is 41.2 Å². The van der Waals surface area contributed by atoms with Gasteiger partial charge >= 0.3 is 0 Å². The number of hydrogen-bond acceptors (Lipinski definition) is 5. The molecule has 1 aliphatic heterocycles. The second-order valence-electron chi connectivity index (χ2n) is 7.62. The fraction of sp³-hybridized carbons (Fsp3) is 0. The summed E-state index contributed by atoms with van der Waals surface area (Å²) in [5, 5.41) is 9.35. The summed E-state index contributed by atoms with van der Waals surface area (Å²) in [6.45, 7) is 7.20. The molecule has 2 aromatic heterocycles. The van der Waals surface area contributed by atoms with E-state index in [4.69, 9.17) is 6.57 Å². The van der Waals surface area contributed by atoms with Gasteiger partial charge in [0.1, 0.15) is 34.7 Å². The number of carbonyl (C=O) groups is 2. The number of benzene rings is 2. The highest BCUT2D eigenvalue weighted by molar-refractivity contribution is 6.12. The second kappa shape index (κ2) is 8.22. The Bertz CT molecular complexity index is 1630. The van der Waals surface area contributed by atoms with Crippen molar-refractivity contribution >= 4 is 17.3 Å². The van der Waals surface area contributed by atoms with E-state index in [0.717, 1.165) is 24.3 Å². The van der Waals surface area contributed by atoms with Crippen LogP contribution in [0.4, 0.5) is 23.2 Å². The maximum atomic E-state index is 15.1. The number of nitrogens with zero attached hydrogens (tertiary/aromatic N) is 4. The third-order valence-corrected chi connectivity index (χ3v) is 5.61. The van der Waals surface area contributed by atoms with Crippen LogP contribution in [0.25, 0.3) is 27.4 Å². The first-order valence-electron chi connectivity index (χ1n) is 10.1. The minimum atomic E-state index is -1.44. The molecule has 4 aromatic rings. The molecule has 0 spiro atoms. The Kier molecular flexibility index (Phi) is 5.15. The summed E-state index contributed by atoms with van der Waals surface area (Å²) in [4.78, 5) is 37.2. The van der Waals surface area contributed by atoms with E-state index in [0.29, 0.717) is 0 Å². The van der Waals surface area contributed by atoms with Crippen LogP contribution in [0.5, 0.6) is 0 Å². The lowest BCUT2D eigenvalue weighted by molar-refractivity contribution is 0.102. The topological polar surface area (TPSA) is 88.1 Å². The lowest BCUT2D eigenvalue weighted by atomic mass is 9.95. The van der Waals surface area contributed by atoms with E-state index < -0.39 is 79.7 Å². The molecule has 0 saturated carbocycles. The van der Waals surface area contributed by atoms with Crippen LogP contribution < -0.4 is 0 Å². The van der Waals surface area contributed by atoms with E-state index in [2.05, 4.69) is 14.8 Å².